The molecule has 0 aliphatic rings. The molecular formula is C14H18FN3. The van der Waals surface area contributed by atoms with Crippen LogP contribution in [0.1, 0.15) is 18.9 Å². The van der Waals surface area contributed by atoms with Crippen LogP contribution in [0.15, 0.2) is 36.7 Å². The second-order valence-corrected chi connectivity index (χ2v) is 4.20. The fourth-order valence-corrected chi connectivity index (χ4v) is 1.85. The summed E-state index contributed by atoms with van der Waals surface area (Å²) in [6.07, 6.45) is 5.72. The maximum atomic E-state index is 13.6. The normalized spacial score (nSPS) is 10.8. The van der Waals surface area contributed by atoms with Crippen molar-refractivity contribution in [3.63, 3.8) is 0 Å². The fraction of sp³-hybridized carbons (Fsp3) is 0.357. The predicted octanol–water partition coefficient (Wildman–Crippen LogP) is 2.55. The van der Waals surface area contributed by atoms with Crippen molar-refractivity contribution in [3.05, 3.63) is 48.0 Å². The molecular weight excluding hydrogens is 229 g/mol. The first-order chi connectivity index (χ1) is 8.81. The summed E-state index contributed by atoms with van der Waals surface area (Å²) in [5.74, 6) is -0.250. The largest absolute Gasteiger partial charge is 0.317 e. The summed E-state index contributed by atoms with van der Waals surface area (Å²) in [6.45, 7) is 4.09. The summed E-state index contributed by atoms with van der Waals surface area (Å²) >= 11 is 0. The molecule has 0 radical (unpaired) electrons. The van der Waals surface area contributed by atoms with E-state index >= 15 is 0 Å². The van der Waals surface area contributed by atoms with Gasteiger partial charge in [-0.15, -0.1) is 0 Å². The van der Waals surface area contributed by atoms with Gasteiger partial charge in [-0.1, -0.05) is 19.1 Å². The molecule has 1 heterocycles. The SMILES string of the molecule is CCNCCCc1cnn(-c2ccccc2F)c1. The fourth-order valence-electron chi connectivity index (χ4n) is 1.85. The maximum Gasteiger partial charge on any atom is 0.148 e. The van der Waals surface area contributed by atoms with Gasteiger partial charge in [0.05, 0.1) is 6.20 Å². The summed E-state index contributed by atoms with van der Waals surface area (Å²) in [5, 5.41) is 7.48. The van der Waals surface area contributed by atoms with Crippen molar-refractivity contribution in [1.29, 1.82) is 0 Å². The number of aryl methyl sites for hydroxylation is 1. The highest BCUT2D eigenvalue weighted by Gasteiger charge is 2.05. The molecule has 0 saturated heterocycles. The van der Waals surface area contributed by atoms with Crippen LogP contribution < -0.4 is 5.32 Å². The molecule has 0 unspecified atom stereocenters. The van der Waals surface area contributed by atoms with E-state index in [1.54, 1.807) is 23.0 Å². The Kier molecular flexibility index (Phi) is 4.47. The number of nitrogens with one attached hydrogen (secondary N) is 1. The van der Waals surface area contributed by atoms with Gasteiger partial charge in [0.25, 0.3) is 0 Å². The Morgan fingerprint density at radius 3 is 2.94 bits per heavy atom. The minimum Gasteiger partial charge on any atom is -0.317 e. The highest BCUT2D eigenvalue weighted by molar-refractivity contribution is 5.32. The van der Waals surface area contributed by atoms with Gasteiger partial charge in [-0.2, -0.15) is 5.10 Å². The van der Waals surface area contributed by atoms with Crippen molar-refractivity contribution in [2.24, 2.45) is 0 Å². The molecule has 1 N–H and O–H groups in total. The zero-order chi connectivity index (χ0) is 12.8. The molecule has 18 heavy (non-hydrogen) atoms. The third kappa shape index (κ3) is 3.17. The Hall–Kier alpha value is -1.68. The number of benzene rings is 1. The minimum atomic E-state index is -0.250. The lowest BCUT2D eigenvalue weighted by molar-refractivity contribution is 0.610. The minimum absolute atomic E-state index is 0.250. The van der Waals surface area contributed by atoms with E-state index in [4.69, 9.17) is 0 Å². The van der Waals surface area contributed by atoms with Crippen LogP contribution in [0.2, 0.25) is 0 Å². The van der Waals surface area contributed by atoms with Gasteiger partial charge >= 0.3 is 0 Å². The smallest absolute Gasteiger partial charge is 0.148 e. The lowest BCUT2D eigenvalue weighted by Crippen LogP contribution is -2.14. The second-order valence-electron chi connectivity index (χ2n) is 4.20. The van der Waals surface area contributed by atoms with Gasteiger partial charge in [0.1, 0.15) is 11.5 Å². The Balaban J connectivity index is 2.00. The summed E-state index contributed by atoms with van der Waals surface area (Å²) in [5.41, 5.74) is 1.63. The molecule has 2 aromatic rings. The van der Waals surface area contributed by atoms with E-state index in [1.165, 1.54) is 6.07 Å². The molecule has 1 aromatic carbocycles. The van der Waals surface area contributed by atoms with E-state index in [0.29, 0.717) is 5.69 Å². The Bertz CT molecular complexity index is 493. The molecule has 0 saturated carbocycles. The highest BCUT2D eigenvalue weighted by Crippen LogP contribution is 2.13. The summed E-state index contributed by atoms with van der Waals surface area (Å²) < 4.78 is 15.2. The monoisotopic (exact) mass is 247 g/mol. The molecule has 4 heteroatoms. The molecule has 0 bridgehead atoms. The first-order valence-electron chi connectivity index (χ1n) is 6.30. The zero-order valence-corrected chi connectivity index (χ0v) is 10.6. The van der Waals surface area contributed by atoms with E-state index in [2.05, 4.69) is 17.3 Å². The lowest BCUT2D eigenvalue weighted by Gasteiger charge is -2.02. The molecule has 1 aromatic heterocycles. The molecule has 0 amide bonds. The number of halogens is 1. The van der Waals surface area contributed by atoms with Crippen LogP contribution in [0, 0.1) is 5.82 Å². The van der Waals surface area contributed by atoms with Crippen molar-refractivity contribution in [1.82, 2.24) is 15.1 Å². The molecule has 96 valence electrons. The third-order valence-corrected chi connectivity index (χ3v) is 2.80. The van der Waals surface area contributed by atoms with Crippen LogP contribution in [0.5, 0.6) is 0 Å². The van der Waals surface area contributed by atoms with Crippen molar-refractivity contribution in [2.75, 3.05) is 13.1 Å². The molecule has 2 rings (SSSR count). The molecule has 0 fully saturated rings. The molecule has 0 aliphatic carbocycles. The second kappa shape index (κ2) is 6.31. The Morgan fingerprint density at radius 2 is 2.17 bits per heavy atom. The standard InChI is InChI=1S/C14H18FN3/c1-2-16-9-5-6-12-10-17-18(11-12)14-8-4-3-7-13(14)15/h3-4,7-8,10-11,16H,2,5-6,9H2,1H3. The molecule has 0 aliphatic heterocycles. The summed E-state index contributed by atoms with van der Waals surface area (Å²) in [7, 11) is 0. The average molecular weight is 247 g/mol. The van der Waals surface area contributed by atoms with Crippen LogP contribution in [-0.4, -0.2) is 22.9 Å². The van der Waals surface area contributed by atoms with E-state index in [9.17, 15) is 4.39 Å². The third-order valence-electron chi connectivity index (χ3n) is 2.80. The Morgan fingerprint density at radius 1 is 1.33 bits per heavy atom. The van der Waals surface area contributed by atoms with Gasteiger partial charge < -0.3 is 5.32 Å². The van der Waals surface area contributed by atoms with E-state index in [1.807, 2.05) is 12.3 Å². The molecule has 0 spiro atoms. The van der Waals surface area contributed by atoms with Gasteiger partial charge in [0.15, 0.2) is 0 Å². The number of hydrogen-bond donors (Lipinski definition) is 1. The van der Waals surface area contributed by atoms with Crippen molar-refractivity contribution in [3.8, 4) is 5.69 Å². The first-order valence-corrected chi connectivity index (χ1v) is 6.30. The quantitative estimate of drug-likeness (QED) is 0.795. The van der Waals surface area contributed by atoms with Crippen LogP contribution in [0.25, 0.3) is 5.69 Å². The Labute approximate surface area is 107 Å². The van der Waals surface area contributed by atoms with Gasteiger partial charge in [-0.25, -0.2) is 9.07 Å². The average Bonchev–Trinajstić information content (AvgIpc) is 2.84. The van der Waals surface area contributed by atoms with Crippen LogP contribution in [-0.2, 0) is 6.42 Å². The van der Waals surface area contributed by atoms with Crippen LogP contribution in [0.4, 0.5) is 4.39 Å². The van der Waals surface area contributed by atoms with E-state index < -0.39 is 0 Å². The lowest BCUT2D eigenvalue weighted by atomic mass is 10.2. The summed E-state index contributed by atoms with van der Waals surface area (Å²) in [6, 6.07) is 6.66. The van der Waals surface area contributed by atoms with Gasteiger partial charge in [-0.3, -0.25) is 0 Å². The van der Waals surface area contributed by atoms with Crippen LogP contribution >= 0.6 is 0 Å². The van der Waals surface area contributed by atoms with Crippen molar-refractivity contribution >= 4 is 0 Å². The number of hydrogen-bond acceptors (Lipinski definition) is 2. The number of para-hydroxylation sites is 1. The molecule has 0 atom stereocenters. The first kappa shape index (κ1) is 12.8. The topological polar surface area (TPSA) is 29.9 Å². The van der Waals surface area contributed by atoms with Crippen LogP contribution in [0.3, 0.4) is 0 Å². The van der Waals surface area contributed by atoms with Gasteiger partial charge in [-0.05, 0) is 43.6 Å². The maximum absolute atomic E-state index is 13.6. The number of rotatable bonds is 6. The van der Waals surface area contributed by atoms with E-state index in [-0.39, 0.29) is 5.82 Å². The van der Waals surface area contributed by atoms with Gasteiger partial charge in [0, 0.05) is 6.20 Å². The van der Waals surface area contributed by atoms with E-state index in [0.717, 1.165) is 31.5 Å². The van der Waals surface area contributed by atoms with Crippen molar-refractivity contribution < 1.29 is 4.39 Å². The zero-order valence-electron chi connectivity index (χ0n) is 10.6. The number of aromatic nitrogens is 2. The number of nitrogens with zero attached hydrogens (tertiary/aromatic N) is 2. The summed E-state index contributed by atoms with van der Waals surface area (Å²) in [4.78, 5) is 0. The van der Waals surface area contributed by atoms with Gasteiger partial charge in [0.2, 0.25) is 0 Å². The van der Waals surface area contributed by atoms with Crippen molar-refractivity contribution in [2.45, 2.75) is 19.8 Å². The highest BCUT2D eigenvalue weighted by atomic mass is 19.1. The predicted molar refractivity (Wildman–Crippen MR) is 70.4 cm³/mol. The molecule has 3 nitrogen and oxygen atoms in total.